The van der Waals surface area contributed by atoms with Gasteiger partial charge in [0.25, 0.3) is 5.56 Å². The zero-order chi connectivity index (χ0) is 18.8. The highest BCUT2D eigenvalue weighted by molar-refractivity contribution is 7.15. The molecule has 0 aliphatic heterocycles. The molecule has 0 aliphatic rings. The first-order chi connectivity index (χ1) is 13.1. The molecule has 2 aromatic heterocycles. The summed E-state index contributed by atoms with van der Waals surface area (Å²) in [5.41, 5.74) is 3.51. The molecule has 0 saturated heterocycles. The number of nitrogens with zero attached hydrogens (tertiary/aromatic N) is 2. The largest absolute Gasteiger partial charge is 0.301 e. The lowest BCUT2D eigenvalue weighted by Crippen LogP contribution is -2.24. The zero-order valence-electron chi connectivity index (χ0n) is 14.7. The Balaban J connectivity index is 1.64. The minimum atomic E-state index is -0.265. The molecule has 0 radical (unpaired) electrons. The van der Waals surface area contributed by atoms with Crippen molar-refractivity contribution >= 4 is 16.3 Å². The Morgan fingerprint density at radius 2 is 1.81 bits per heavy atom. The number of aromatic nitrogens is 2. The lowest BCUT2D eigenvalue weighted by Gasteiger charge is -2.20. The van der Waals surface area contributed by atoms with E-state index in [9.17, 15) is 9.18 Å². The van der Waals surface area contributed by atoms with Crippen molar-refractivity contribution in [2.45, 2.75) is 19.5 Å². The van der Waals surface area contributed by atoms with Gasteiger partial charge in [0.15, 0.2) is 4.96 Å². The highest BCUT2D eigenvalue weighted by atomic mass is 32.1. The molecular formula is C21H18FN3OS. The monoisotopic (exact) mass is 379 g/mol. The van der Waals surface area contributed by atoms with Gasteiger partial charge in [0, 0.05) is 23.7 Å². The van der Waals surface area contributed by atoms with E-state index in [1.807, 2.05) is 42.6 Å². The molecular weight excluding hydrogens is 361 g/mol. The van der Waals surface area contributed by atoms with Crippen molar-refractivity contribution in [2.24, 2.45) is 0 Å². The number of rotatable bonds is 5. The summed E-state index contributed by atoms with van der Waals surface area (Å²) in [4.78, 5) is 17.6. The quantitative estimate of drug-likeness (QED) is 0.568. The van der Waals surface area contributed by atoms with Crippen LogP contribution >= 0.6 is 11.3 Å². The average molecular weight is 379 g/mol. The molecule has 4 aromatic rings. The molecule has 27 heavy (non-hydrogen) atoms. The van der Waals surface area contributed by atoms with E-state index in [1.165, 1.54) is 23.5 Å². The number of aryl methyl sites for hydroxylation is 1. The van der Waals surface area contributed by atoms with Gasteiger partial charge in [0.2, 0.25) is 0 Å². The first kappa shape index (κ1) is 17.6. The Bertz CT molecular complexity index is 1120. The number of hydrogen-bond donors (Lipinski definition) is 1. The van der Waals surface area contributed by atoms with E-state index in [2.05, 4.69) is 10.3 Å². The standard InChI is InChI=1S/C21H18FN3OS/c1-14-13-27-21-24-18(11-19(26)25(14)21)12-23-20(15-5-3-2-4-6-15)16-7-9-17(22)10-8-16/h2-11,13,20,23H,12H2,1H3. The maximum absolute atomic E-state index is 13.3. The second kappa shape index (κ2) is 7.42. The third-order valence-electron chi connectivity index (χ3n) is 4.45. The minimum absolute atomic E-state index is 0.0754. The first-order valence-corrected chi connectivity index (χ1v) is 9.50. The van der Waals surface area contributed by atoms with Gasteiger partial charge >= 0.3 is 0 Å². The van der Waals surface area contributed by atoms with Gasteiger partial charge in [0.05, 0.1) is 11.7 Å². The van der Waals surface area contributed by atoms with Gasteiger partial charge in [-0.1, -0.05) is 42.5 Å². The van der Waals surface area contributed by atoms with Crippen LogP contribution in [0.3, 0.4) is 0 Å². The summed E-state index contributed by atoms with van der Waals surface area (Å²) in [5, 5.41) is 5.38. The first-order valence-electron chi connectivity index (χ1n) is 8.62. The van der Waals surface area contributed by atoms with Gasteiger partial charge in [0.1, 0.15) is 5.82 Å². The van der Waals surface area contributed by atoms with E-state index in [0.29, 0.717) is 17.2 Å². The van der Waals surface area contributed by atoms with Crippen LogP contribution in [-0.2, 0) is 6.54 Å². The molecule has 0 saturated carbocycles. The second-order valence-corrected chi connectivity index (χ2v) is 7.19. The SMILES string of the molecule is Cc1csc2nc(CNC(c3ccccc3)c3ccc(F)cc3)cc(=O)n12. The fraction of sp³-hybridized carbons (Fsp3) is 0.143. The van der Waals surface area contributed by atoms with E-state index in [4.69, 9.17) is 0 Å². The Hall–Kier alpha value is -2.83. The molecule has 136 valence electrons. The van der Waals surface area contributed by atoms with Crippen molar-refractivity contribution in [2.75, 3.05) is 0 Å². The van der Waals surface area contributed by atoms with Crippen molar-refractivity contribution in [3.05, 3.63) is 105 Å². The number of halogens is 1. The minimum Gasteiger partial charge on any atom is -0.301 e. The van der Waals surface area contributed by atoms with Crippen LogP contribution in [0.25, 0.3) is 4.96 Å². The summed E-state index contributed by atoms with van der Waals surface area (Å²) in [6, 6.07) is 17.8. The molecule has 4 rings (SSSR count). The summed E-state index contributed by atoms with van der Waals surface area (Å²) in [7, 11) is 0. The predicted molar refractivity (Wildman–Crippen MR) is 106 cm³/mol. The fourth-order valence-electron chi connectivity index (χ4n) is 3.13. The summed E-state index contributed by atoms with van der Waals surface area (Å²) in [6.45, 7) is 2.32. The highest BCUT2D eigenvalue weighted by Gasteiger charge is 2.15. The molecule has 0 aliphatic carbocycles. The number of benzene rings is 2. The normalized spacial score (nSPS) is 12.4. The summed E-state index contributed by atoms with van der Waals surface area (Å²) < 4.78 is 14.9. The molecule has 0 spiro atoms. The summed E-state index contributed by atoms with van der Waals surface area (Å²) in [6.07, 6.45) is 0. The van der Waals surface area contributed by atoms with Crippen LogP contribution in [0.4, 0.5) is 4.39 Å². The van der Waals surface area contributed by atoms with Gasteiger partial charge in [-0.3, -0.25) is 9.20 Å². The number of fused-ring (bicyclic) bond motifs is 1. The molecule has 4 nitrogen and oxygen atoms in total. The highest BCUT2D eigenvalue weighted by Crippen LogP contribution is 2.23. The molecule has 0 amide bonds. The Kier molecular flexibility index (Phi) is 4.83. The molecule has 2 heterocycles. The van der Waals surface area contributed by atoms with E-state index in [1.54, 1.807) is 22.6 Å². The van der Waals surface area contributed by atoms with E-state index < -0.39 is 0 Å². The van der Waals surface area contributed by atoms with Crippen LogP contribution in [-0.4, -0.2) is 9.38 Å². The van der Waals surface area contributed by atoms with Crippen LogP contribution in [0, 0.1) is 12.7 Å². The number of nitrogens with one attached hydrogen (secondary N) is 1. The smallest absolute Gasteiger partial charge is 0.259 e. The predicted octanol–water partition coefficient (Wildman–Crippen LogP) is 4.08. The molecule has 1 unspecified atom stereocenters. The van der Waals surface area contributed by atoms with Crippen LogP contribution in [0.2, 0.25) is 0 Å². The zero-order valence-corrected chi connectivity index (χ0v) is 15.5. The number of thiazole rings is 1. The summed E-state index contributed by atoms with van der Waals surface area (Å²) >= 11 is 1.45. The Morgan fingerprint density at radius 1 is 1.11 bits per heavy atom. The van der Waals surface area contributed by atoms with Crippen molar-refractivity contribution in [1.29, 1.82) is 0 Å². The van der Waals surface area contributed by atoms with E-state index in [0.717, 1.165) is 16.8 Å². The van der Waals surface area contributed by atoms with E-state index >= 15 is 0 Å². The average Bonchev–Trinajstić information content (AvgIpc) is 3.05. The molecule has 1 atom stereocenters. The second-order valence-electron chi connectivity index (χ2n) is 6.36. The third kappa shape index (κ3) is 3.67. The molecule has 1 N–H and O–H groups in total. The maximum atomic E-state index is 13.3. The van der Waals surface area contributed by atoms with Crippen LogP contribution in [0.5, 0.6) is 0 Å². The maximum Gasteiger partial charge on any atom is 0.259 e. The molecule has 2 aromatic carbocycles. The van der Waals surface area contributed by atoms with Crippen molar-refractivity contribution in [3.8, 4) is 0 Å². The van der Waals surface area contributed by atoms with Gasteiger partial charge in [-0.25, -0.2) is 9.37 Å². The molecule has 6 heteroatoms. The van der Waals surface area contributed by atoms with Crippen LogP contribution < -0.4 is 10.9 Å². The Labute approximate surface area is 160 Å². The third-order valence-corrected chi connectivity index (χ3v) is 5.40. The van der Waals surface area contributed by atoms with Gasteiger partial charge in [-0.15, -0.1) is 11.3 Å². The van der Waals surface area contributed by atoms with Crippen molar-refractivity contribution in [3.63, 3.8) is 0 Å². The van der Waals surface area contributed by atoms with Crippen molar-refractivity contribution in [1.82, 2.24) is 14.7 Å². The Morgan fingerprint density at radius 3 is 2.56 bits per heavy atom. The lowest BCUT2D eigenvalue weighted by atomic mass is 9.98. The van der Waals surface area contributed by atoms with Gasteiger partial charge in [-0.2, -0.15) is 0 Å². The van der Waals surface area contributed by atoms with E-state index in [-0.39, 0.29) is 17.4 Å². The lowest BCUT2D eigenvalue weighted by molar-refractivity contribution is 0.591. The van der Waals surface area contributed by atoms with Gasteiger partial charge < -0.3 is 5.32 Å². The topological polar surface area (TPSA) is 46.4 Å². The molecule has 0 fully saturated rings. The van der Waals surface area contributed by atoms with Crippen molar-refractivity contribution < 1.29 is 4.39 Å². The van der Waals surface area contributed by atoms with Gasteiger partial charge in [-0.05, 0) is 30.2 Å². The fourth-order valence-corrected chi connectivity index (χ4v) is 4.02. The van der Waals surface area contributed by atoms with Crippen LogP contribution in [0.15, 0.2) is 70.8 Å². The van der Waals surface area contributed by atoms with Crippen LogP contribution in [0.1, 0.15) is 28.6 Å². The summed E-state index contributed by atoms with van der Waals surface area (Å²) in [5.74, 6) is -0.265. The molecule has 0 bridgehead atoms. The number of hydrogen-bond acceptors (Lipinski definition) is 4.